The average Bonchev–Trinajstić information content (AvgIpc) is 3.27. The lowest BCUT2D eigenvalue weighted by Gasteiger charge is -2.26. The second-order valence-corrected chi connectivity index (χ2v) is 11.9. The van der Waals surface area contributed by atoms with E-state index in [0.29, 0.717) is 58.6 Å². The van der Waals surface area contributed by atoms with Crippen LogP contribution in [-0.2, 0) is 14.8 Å². The van der Waals surface area contributed by atoms with Crippen molar-refractivity contribution in [2.24, 2.45) is 4.99 Å². The number of anilines is 1. The van der Waals surface area contributed by atoms with E-state index >= 15 is 0 Å². The largest absolute Gasteiger partial charge is 0.494 e. The molecule has 0 fully saturated rings. The van der Waals surface area contributed by atoms with Crippen molar-refractivity contribution in [2.45, 2.75) is 20.3 Å². The minimum Gasteiger partial charge on any atom is -0.494 e. The monoisotopic (exact) mass is 576 g/mol. The topological polar surface area (TPSA) is 115 Å². The van der Waals surface area contributed by atoms with Crippen LogP contribution in [0.15, 0.2) is 77.8 Å². The third-order valence-corrected chi connectivity index (χ3v) is 8.49. The smallest absolute Gasteiger partial charge is 0.338 e. The van der Waals surface area contributed by atoms with Crippen LogP contribution >= 0.6 is 0 Å². The molecule has 10 heteroatoms. The maximum atomic E-state index is 13.0. The molecule has 2 N–H and O–H groups in total. The standard InChI is InChI=1S/C31H36N4O5S/c1-5-20-41(38,39)35(19-18-34(3)4)25-15-13-24(14-16-25)32-29(22-10-8-7-9-11-22)28-26-17-12-23(31(37)40-6-2)21-27(26)33-30(28)36/h7-17,21,33,36H,5-6,18-20H2,1-4H3. The van der Waals surface area contributed by atoms with E-state index in [9.17, 15) is 18.3 Å². The lowest BCUT2D eigenvalue weighted by Crippen LogP contribution is -2.38. The molecule has 1 aromatic heterocycles. The fourth-order valence-corrected chi connectivity index (χ4v) is 6.07. The van der Waals surface area contributed by atoms with Gasteiger partial charge >= 0.3 is 5.97 Å². The predicted molar refractivity (Wildman–Crippen MR) is 164 cm³/mol. The SMILES string of the molecule is CCCS(=O)(=O)N(CCN(C)C)c1ccc(N=C(c2ccccc2)c2c(O)[nH]c3cc(C(=O)OCC)ccc23)cc1. The van der Waals surface area contributed by atoms with E-state index in [1.165, 1.54) is 4.31 Å². The highest BCUT2D eigenvalue weighted by molar-refractivity contribution is 7.92. The van der Waals surface area contributed by atoms with E-state index in [-0.39, 0.29) is 18.2 Å². The van der Waals surface area contributed by atoms with Gasteiger partial charge in [-0.05, 0) is 63.8 Å². The summed E-state index contributed by atoms with van der Waals surface area (Å²) < 4.78 is 32.6. The van der Waals surface area contributed by atoms with Gasteiger partial charge in [0.25, 0.3) is 0 Å². The third kappa shape index (κ3) is 6.96. The number of carbonyl (C=O) groups is 1. The molecule has 9 nitrogen and oxygen atoms in total. The van der Waals surface area contributed by atoms with Crippen molar-refractivity contribution < 1.29 is 23.1 Å². The molecule has 0 atom stereocenters. The molecule has 0 spiro atoms. The Bertz CT molecular complexity index is 1630. The van der Waals surface area contributed by atoms with Crippen LogP contribution in [0.3, 0.4) is 0 Å². The summed E-state index contributed by atoms with van der Waals surface area (Å²) in [7, 11) is 0.338. The summed E-state index contributed by atoms with van der Waals surface area (Å²) in [5.41, 5.74) is 3.89. The Morgan fingerprint density at radius 2 is 1.66 bits per heavy atom. The van der Waals surface area contributed by atoms with Crippen molar-refractivity contribution in [3.8, 4) is 5.88 Å². The zero-order valence-corrected chi connectivity index (χ0v) is 24.6. The van der Waals surface area contributed by atoms with Crippen molar-refractivity contribution >= 4 is 44.0 Å². The molecule has 4 rings (SSSR count). The lowest BCUT2D eigenvalue weighted by atomic mass is 10.00. The minimum atomic E-state index is -3.48. The van der Waals surface area contributed by atoms with Crippen molar-refractivity contribution in [1.29, 1.82) is 0 Å². The Hall–Kier alpha value is -4.15. The lowest BCUT2D eigenvalue weighted by molar-refractivity contribution is 0.0526. The van der Waals surface area contributed by atoms with Crippen LogP contribution in [0, 0.1) is 0 Å². The molecule has 0 saturated carbocycles. The molecule has 4 aromatic rings. The number of sulfonamides is 1. The molecular weight excluding hydrogens is 540 g/mol. The van der Waals surface area contributed by atoms with E-state index < -0.39 is 16.0 Å². The van der Waals surface area contributed by atoms with Crippen LogP contribution in [0.4, 0.5) is 11.4 Å². The number of carbonyl (C=O) groups excluding carboxylic acids is 1. The maximum absolute atomic E-state index is 13.0. The number of aromatic hydroxyl groups is 1. The number of nitrogens with one attached hydrogen (secondary N) is 1. The van der Waals surface area contributed by atoms with Crippen LogP contribution in [0.1, 0.15) is 41.8 Å². The fourth-order valence-electron chi connectivity index (χ4n) is 4.54. The Morgan fingerprint density at radius 1 is 0.951 bits per heavy atom. The number of esters is 1. The fraction of sp³-hybridized carbons (Fsp3) is 0.290. The van der Waals surface area contributed by atoms with E-state index in [0.717, 1.165) is 5.56 Å². The Labute approximate surface area is 241 Å². The normalized spacial score (nSPS) is 12.2. The van der Waals surface area contributed by atoms with Gasteiger partial charge in [-0.3, -0.25) is 4.31 Å². The van der Waals surface area contributed by atoms with Crippen LogP contribution in [0.5, 0.6) is 5.88 Å². The van der Waals surface area contributed by atoms with Crippen LogP contribution in [-0.4, -0.2) is 74.6 Å². The van der Waals surface area contributed by atoms with Gasteiger partial charge in [0.05, 0.1) is 40.6 Å². The van der Waals surface area contributed by atoms with Gasteiger partial charge in [0.1, 0.15) is 0 Å². The molecular formula is C31H36N4O5S. The van der Waals surface area contributed by atoms with E-state index in [2.05, 4.69) is 4.98 Å². The Balaban J connectivity index is 1.78. The molecule has 0 amide bonds. The number of nitrogens with zero attached hydrogens (tertiary/aromatic N) is 3. The first-order valence-electron chi connectivity index (χ1n) is 13.6. The van der Waals surface area contributed by atoms with Gasteiger partial charge in [-0.2, -0.15) is 0 Å². The molecule has 41 heavy (non-hydrogen) atoms. The number of ether oxygens (including phenoxy) is 1. The van der Waals surface area contributed by atoms with Crippen LogP contribution in [0.2, 0.25) is 0 Å². The molecule has 1 heterocycles. The van der Waals surface area contributed by atoms with Crippen molar-refractivity contribution in [3.05, 3.63) is 89.5 Å². The molecule has 0 bridgehead atoms. The first-order chi connectivity index (χ1) is 19.6. The van der Waals surface area contributed by atoms with Crippen LogP contribution < -0.4 is 4.31 Å². The molecule has 216 valence electrons. The predicted octanol–water partition coefficient (Wildman–Crippen LogP) is 5.33. The zero-order valence-electron chi connectivity index (χ0n) is 23.8. The summed E-state index contributed by atoms with van der Waals surface area (Å²) in [5, 5.41) is 11.7. The van der Waals surface area contributed by atoms with Gasteiger partial charge in [-0.25, -0.2) is 18.2 Å². The van der Waals surface area contributed by atoms with Gasteiger partial charge in [0.2, 0.25) is 10.0 Å². The van der Waals surface area contributed by atoms with Gasteiger partial charge in [0.15, 0.2) is 5.88 Å². The number of aromatic nitrogens is 1. The Kier molecular flexibility index (Phi) is 9.46. The second-order valence-electron chi connectivity index (χ2n) is 9.86. The molecule has 3 aromatic carbocycles. The van der Waals surface area contributed by atoms with Gasteiger partial charge < -0.3 is 19.7 Å². The molecule has 0 aliphatic heterocycles. The summed E-state index contributed by atoms with van der Waals surface area (Å²) in [6, 6.07) is 21.6. The van der Waals surface area contributed by atoms with E-state index in [1.54, 1.807) is 49.4 Å². The first-order valence-corrected chi connectivity index (χ1v) is 15.2. The van der Waals surface area contributed by atoms with Crippen molar-refractivity contribution in [2.75, 3.05) is 43.8 Å². The highest BCUT2D eigenvalue weighted by atomic mass is 32.2. The summed E-state index contributed by atoms with van der Waals surface area (Å²) in [5.74, 6) is -0.459. The average molecular weight is 577 g/mol. The number of fused-ring (bicyclic) bond motifs is 1. The molecule has 0 aliphatic carbocycles. The highest BCUT2D eigenvalue weighted by Gasteiger charge is 2.23. The number of hydrogen-bond donors (Lipinski definition) is 2. The number of benzene rings is 3. The van der Waals surface area contributed by atoms with Gasteiger partial charge in [-0.1, -0.05) is 43.3 Å². The number of aromatic amines is 1. The van der Waals surface area contributed by atoms with Crippen molar-refractivity contribution in [3.63, 3.8) is 0 Å². The quantitative estimate of drug-likeness (QED) is 0.174. The van der Waals surface area contributed by atoms with Gasteiger partial charge in [-0.15, -0.1) is 0 Å². The summed E-state index contributed by atoms with van der Waals surface area (Å²) in [6.45, 7) is 4.78. The number of hydrogen-bond acceptors (Lipinski definition) is 7. The number of rotatable bonds is 12. The maximum Gasteiger partial charge on any atom is 0.338 e. The second kappa shape index (κ2) is 13.0. The van der Waals surface area contributed by atoms with E-state index in [1.807, 2.05) is 56.3 Å². The molecule has 0 saturated heterocycles. The number of aliphatic imine (C=N–C) groups is 1. The molecule has 0 aliphatic rings. The first kappa shape index (κ1) is 29.8. The molecule has 0 unspecified atom stereocenters. The van der Waals surface area contributed by atoms with E-state index in [4.69, 9.17) is 9.73 Å². The number of H-pyrrole nitrogens is 1. The van der Waals surface area contributed by atoms with Crippen LogP contribution in [0.25, 0.3) is 10.9 Å². The minimum absolute atomic E-state index is 0.0657. The highest BCUT2D eigenvalue weighted by Crippen LogP contribution is 2.33. The summed E-state index contributed by atoms with van der Waals surface area (Å²) in [4.78, 5) is 22.1. The summed E-state index contributed by atoms with van der Waals surface area (Å²) >= 11 is 0. The number of likely N-dealkylation sites (N-methyl/N-ethyl adjacent to an activating group) is 1. The Morgan fingerprint density at radius 3 is 2.29 bits per heavy atom. The summed E-state index contributed by atoms with van der Waals surface area (Å²) in [6.07, 6.45) is 0.527. The van der Waals surface area contributed by atoms with Gasteiger partial charge in [0, 0.05) is 29.6 Å². The zero-order chi connectivity index (χ0) is 29.6. The third-order valence-electron chi connectivity index (χ3n) is 6.50. The van der Waals surface area contributed by atoms with Crippen molar-refractivity contribution in [1.82, 2.24) is 9.88 Å². The molecule has 0 radical (unpaired) electrons.